The number of aryl methyl sites for hydroxylation is 1. The predicted molar refractivity (Wildman–Crippen MR) is 106 cm³/mol. The van der Waals surface area contributed by atoms with Gasteiger partial charge in [-0.25, -0.2) is 4.79 Å². The lowest BCUT2D eigenvalue weighted by atomic mass is 10.2. The molecule has 1 atom stereocenters. The van der Waals surface area contributed by atoms with Crippen LogP contribution in [0.25, 0.3) is 0 Å². The number of nitrogens with zero attached hydrogens (tertiary/aromatic N) is 1. The Morgan fingerprint density at radius 3 is 2.56 bits per heavy atom. The number of nitrogens with one attached hydrogen (secondary N) is 3. The molecule has 2 rings (SSSR count). The molecule has 6 nitrogen and oxygen atoms in total. The van der Waals surface area contributed by atoms with Crippen LogP contribution in [0.1, 0.15) is 5.56 Å². The first kappa shape index (κ1) is 20.3. The van der Waals surface area contributed by atoms with Crippen LogP contribution in [0.4, 0.5) is 10.5 Å². The van der Waals surface area contributed by atoms with Gasteiger partial charge in [0, 0.05) is 18.8 Å². The number of halogens is 3. The molecule has 0 unspecified atom stereocenters. The molecule has 1 heterocycles. The highest BCUT2D eigenvalue weighted by atomic mass is 35.6. The molecule has 1 fully saturated rings. The molecule has 1 aromatic rings. The highest BCUT2D eigenvalue weighted by molar-refractivity contribution is 7.80. The minimum Gasteiger partial charge on any atom is -0.378 e. The molecule has 1 aromatic carbocycles. The maximum absolute atomic E-state index is 12.3. The predicted octanol–water partition coefficient (Wildman–Crippen LogP) is 3.02. The van der Waals surface area contributed by atoms with E-state index in [9.17, 15) is 4.79 Å². The fourth-order valence-electron chi connectivity index (χ4n) is 2.20. The molecule has 1 aliphatic rings. The molecular formula is C15H19Cl3N4O2S. The van der Waals surface area contributed by atoms with Gasteiger partial charge in [-0.15, -0.1) is 0 Å². The van der Waals surface area contributed by atoms with Gasteiger partial charge in [0.25, 0.3) is 0 Å². The molecule has 25 heavy (non-hydrogen) atoms. The van der Waals surface area contributed by atoms with Crippen LogP contribution < -0.4 is 16.0 Å². The van der Waals surface area contributed by atoms with E-state index >= 15 is 0 Å². The molecule has 0 aliphatic carbocycles. The average molecular weight is 426 g/mol. The van der Waals surface area contributed by atoms with E-state index in [1.165, 1.54) is 0 Å². The number of ether oxygens (including phenoxy) is 1. The number of anilines is 1. The van der Waals surface area contributed by atoms with Gasteiger partial charge in [-0.1, -0.05) is 46.9 Å². The van der Waals surface area contributed by atoms with Crippen molar-refractivity contribution in [1.82, 2.24) is 15.5 Å². The van der Waals surface area contributed by atoms with E-state index in [0.29, 0.717) is 26.3 Å². The highest BCUT2D eigenvalue weighted by Crippen LogP contribution is 2.29. The summed E-state index contributed by atoms with van der Waals surface area (Å²) in [7, 11) is 0. The topological polar surface area (TPSA) is 65.6 Å². The lowest BCUT2D eigenvalue weighted by molar-refractivity contribution is 0.0524. The van der Waals surface area contributed by atoms with E-state index in [4.69, 9.17) is 51.8 Å². The van der Waals surface area contributed by atoms with E-state index in [1.807, 2.05) is 31.2 Å². The summed E-state index contributed by atoms with van der Waals surface area (Å²) in [5.41, 5.74) is 1.87. The van der Waals surface area contributed by atoms with Crippen molar-refractivity contribution in [3.63, 3.8) is 0 Å². The van der Waals surface area contributed by atoms with Gasteiger partial charge in [0.15, 0.2) is 11.3 Å². The minimum absolute atomic E-state index is 0.226. The molecule has 0 saturated carbocycles. The zero-order valence-electron chi connectivity index (χ0n) is 13.5. The largest absolute Gasteiger partial charge is 0.378 e. The standard InChI is InChI=1S/C15H19Cl3N4O2S/c1-10-3-2-4-11(9-10)19-13(25)20-12(15(16,17)18)21-14(23)22-5-7-24-8-6-22/h2-4,9,12H,5-8H2,1H3,(H,21,23)(H2,19,20,25)/t12-/m0/s1. The Hall–Kier alpha value is -0.990. The van der Waals surface area contributed by atoms with E-state index in [2.05, 4.69) is 16.0 Å². The quantitative estimate of drug-likeness (QED) is 0.395. The third-order valence-corrected chi connectivity index (χ3v) is 4.32. The zero-order chi connectivity index (χ0) is 18.4. The van der Waals surface area contributed by atoms with E-state index in [1.54, 1.807) is 4.90 Å². The molecule has 0 aromatic heterocycles. The van der Waals surface area contributed by atoms with E-state index < -0.39 is 9.96 Å². The van der Waals surface area contributed by atoms with Crippen molar-refractivity contribution < 1.29 is 9.53 Å². The van der Waals surface area contributed by atoms with Crippen molar-refractivity contribution in [2.45, 2.75) is 16.9 Å². The second-order valence-electron chi connectivity index (χ2n) is 5.49. The number of urea groups is 1. The second-order valence-corrected chi connectivity index (χ2v) is 8.27. The lowest BCUT2D eigenvalue weighted by Gasteiger charge is -2.32. The van der Waals surface area contributed by atoms with Crippen LogP contribution in [0.3, 0.4) is 0 Å². The monoisotopic (exact) mass is 424 g/mol. The number of rotatable bonds is 3. The van der Waals surface area contributed by atoms with Crippen molar-refractivity contribution in [2.75, 3.05) is 31.6 Å². The number of carbonyl (C=O) groups excluding carboxylic acids is 1. The summed E-state index contributed by atoms with van der Waals surface area (Å²) in [6.07, 6.45) is -1.00. The Morgan fingerprint density at radius 2 is 1.96 bits per heavy atom. The molecule has 0 bridgehead atoms. The zero-order valence-corrected chi connectivity index (χ0v) is 16.6. The lowest BCUT2D eigenvalue weighted by Crippen LogP contribution is -2.59. The third-order valence-electron chi connectivity index (χ3n) is 3.44. The van der Waals surface area contributed by atoms with Crippen molar-refractivity contribution >= 4 is 63.9 Å². The van der Waals surface area contributed by atoms with Crippen LogP contribution in [0.5, 0.6) is 0 Å². The Morgan fingerprint density at radius 1 is 1.28 bits per heavy atom. The van der Waals surface area contributed by atoms with Gasteiger partial charge < -0.3 is 25.6 Å². The van der Waals surface area contributed by atoms with Crippen molar-refractivity contribution in [2.24, 2.45) is 0 Å². The number of carbonyl (C=O) groups is 1. The maximum atomic E-state index is 12.3. The first-order valence-electron chi connectivity index (χ1n) is 7.60. The molecule has 1 saturated heterocycles. The molecule has 1 aliphatic heterocycles. The van der Waals surface area contributed by atoms with Gasteiger partial charge in [0.05, 0.1) is 13.2 Å². The van der Waals surface area contributed by atoms with Gasteiger partial charge in [-0.3, -0.25) is 0 Å². The second kappa shape index (κ2) is 9.09. The van der Waals surface area contributed by atoms with Crippen LogP contribution in [0.15, 0.2) is 24.3 Å². The molecule has 138 valence electrons. The number of alkyl halides is 3. The van der Waals surface area contributed by atoms with Crippen LogP contribution in [0, 0.1) is 6.92 Å². The molecule has 0 spiro atoms. The Balaban J connectivity index is 1.97. The van der Waals surface area contributed by atoms with Gasteiger partial charge in [-0.05, 0) is 36.8 Å². The summed E-state index contributed by atoms with van der Waals surface area (Å²) in [6.45, 7) is 3.88. The first-order chi connectivity index (χ1) is 11.8. The van der Waals surface area contributed by atoms with Crippen LogP contribution >= 0.6 is 47.0 Å². The molecular weight excluding hydrogens is 407 g/mol. The maximum Gasteiger partial charge on any atom is 0.319 e. The van der Waals surface area contributed by atoms with Gasteiger partial charge >= 0.3 is 6.03 Å². The number of amides is 2. The van der Waals surface area contributed by atoms with Crippen LogP contribution in [0.2, 0.25) is 0 Å². The van der Waals surface area contributed by atoms with Crippen LogP contribution in [-0.4, -0.2) is 52.3 Å². The van der Waals surface area contributed by atoms with E-state index in [0.717, 1.165) is 11.3 Å². The molecule has 2 amide bonds. The van der Waals surface area contributed by atoms with Crippen molar-refractivity contribution in [3.8, 4) is 0 Å². The molecule has 3 N–H and O–H groups in total. The fraction of sp³-hybridized carbons (Fsp3) is 0.467. The average Bonchev–Trinajstić information content (AvgIpc) is 2.54. The minimum atomic E-state index is -1.79. The summed E-state index contributed by atoms with van der Waals surface area (Å²) in [4.78, 5) is 13.9. The number of hydrogen-bond donors (Lipinski definition) is 3. The van der Waals surface area contributed by atoms with Gasteiger partial charge in [0.2, 0.25) is 3.79 Å². The van der Waals surface area contributed by atoms with Gasteiger partial charge in [-0.2, -0.15) is 0 Å². The highest BCUT2D eigenvalue weighted by Gasteiger charge is 2.35. The SMILES string of the molecule is Cc1cccc(NC(=S)N[C@@H](NC(=O)N2CCOCC2)C(Cl)(Cl)Cl)c1. The summed E-state index contributed by atoms with van der Waals surface area (Å²) >= 11 is 23.2. The molecule has 0 radical (unpaired) electrons. The summed E-state index contributed by atoms with van der Waals surface area (Å²) in [5.74, 6) is 0. The number of hydrogen-bond acceptors (Lipinski definition) is 3. The van der Waals surface area contributed by atoms with Crippen LogP contribution in [-0.2, 0) is 4.74 Å². The Labute approximate surface area is 167 Å². The van der Waals surface area contributed by atoms with Gasteiger partial charge in [0.1, 0.15) is 0 Å². The number of benzene rings is 1. The smallest absolute Gasteiger partial charge is 0.319 e. The number of thiocarbonyl (C=S) groups is 1. The first-order valence-corrected chi connectivity index (χ1v) is 9.14. The molecule has 10 heteroatoms. The normalized spacial score (nSPS) is 16.1. The Bertz CT molecular complexity index is 621. The fourth-order valence-corrected chi connectivity index (χ4v) is 2.77. The summed E-state index contributed by atoms with van der Waals surface area (Å²) < 4.78 is 3.43. The van der Waals surface area contributed by atoms with E-state index in [-0.39, 0.29) is 11.1 Å². The third kappa shape index (κ3) is 6.67. The van der Waals surface area contributed by atoms with Crippen molar-refractivity contribution in [3.05, 3.63) is 29.8 Å². The summed E-state index contributed by atoms with van der Waals surface area (Å²) in [6, 6.07) is 7.29. The number of morpholine rings is 1. The Kier molecular flexibility index (Phi) is 7.39. The van der Waals surface area contributed by atoms with Crippen molar-refractivity contribution in [1.29, 1.82) is 0 Å². The summed E-state index contributed by atoms with van der Waals surface area (Å²) in [5, 5.41) is 8.70.